The normalized spacial score (nSPS) is 11.7. The molecule has 3 nitrogen and oxygen atoms in total. The highest BCUT2D eigenvalue weighted by Gasteiger charge is 2.20. The number of fused-ring (bicyclic) bond motifs is 1. The van der Waals surface area contributed by atoms with Gasteiger partial charge < -0.3 is 9.88 Å². The summed E-state index contributed by atoms with van der Waals surface area (Å²) < 4.78 is 13.3. The maximum Gasteiger partial charge on any atom is 0.256 e. The third kappa shape index (κ3) is 5.33. The first-order chi connectivity index (χ1) is 15.7. The number of H-pyrrole nitrogens is 1. The van der Waals surface area contributed by atoms with Crippen molar-refractivity contribution in [2.45, 2.75) is 46.1 Å². The van der Waals surface area contributed by atoms with Crippen LogP contribution in [0, 0.1) is 12.7 Å². The minimum atomic E-state index is -0.250. The molecule has 0 unspecified atom stereocenters. The summed E-state index contributed by atoms with van der Waals surface area (Å²) in [6, 6.07) is 21.0. The summed E-state index contributed by atoms with van der Waals surface area (Å²) in [7, 11) is 0. The second kappa shape index (κ2) is 9.22. The van der Waals surface area contributed by atoms with E-state index in [2.05, 4.69) is 56.1 Å². The van der Waals surface area contributed by atoms with Crippen molar-refractivity contribution in [2.24, 2.45) is 0 Å². The molecular weight excluding hydrogens is 411 g/mol. The van der Waals surface area contributed by atoms with E-state index in [9.17, 15) is 9.18 Å². The number of rotatable bonds is 6. The van der Waals surface area contributed by atoms with Crippen LogP contribution < -0.4 is 0 Å². The molecule has 0 saturated carbocycles. The largest absolute Gasteiger partial charge is 0.361 e. The number of aromatic nitrogens is 1. The zero-order chi connectivity index (χ0) is 23.6. The summed E-state index contributed by atoms with van der Waals surface area (Å²) in [4.78, 5) is 18.9. The van der Waals surface area contributed by atoms with Crippen molar-refractivity contribution in [1.29, 1.82) is 0 Å². The fraction of sp³-hybridized carbons (Fsp3) is 0.276. The molecule has 170 valence electrons. The Balaban J connectivity index is 1.63. The van der Waals surface area contributed by atoms with Crippen molar-refractivity contribution in [3.8, 4) is 0 Å². The number of carbonyl (C=O) groups is 1. The van der Waals surface area contributed by atoms with Crippen LogP contribution in [0.1, 0.15) is 53.4 Å². The molecule has 4 aromatic rings. The van der Waals surface area contributed by atoms with E-state index in [-0.39, 0.29) is 17.1 Å². The lowest BCUT2D eigenvalue weighted by molar-refractivity contribution is 0.0746. The first kappa shape index (κ1) is 22.8. The maximum atomic E-state index is 13.8. The van der Waals surface area contributed by atoms with Crippen molar-refractivity contribution in [3.63, 3.8) is 0 Å². The van der Waals surface area contributed by atoms with Gasteiger partial charge in [-0.1, -0.05) is 57.2 Å². The Morgan fingerprint density at radius 2 is 1.61 bits per heavy atom. The van der Waals surface area contributed by atoms with E-state index in [1.165, 1.54) is 17.7 Å². The Morgan fingerprint density at radius 3 is 2.27 bits per heavy atom. The summed E-state index contributed by atoms with van der Waals surface area (Å²) in [5.74, 6) is -0.257. The smallest absolute Gasteiger partial charge is 0.256 e. The lowest BCUT2D eigenvalue weighted by Crippen LogP contribution is -2.32. The number of benzene rings is 3. The third-order valence-electron chi connectivity index (χ3n) is 6.10. The Kier molecular flexibility index (Phi) is 6.37. The van der Waals surface area contributed by atoms with E-state index in [0.29, 0.717) is 25.1 Å². The van der Waals surface area contributed by atoms with Crippen LogP contribution >= 0.6 is 0 Å². The average molecular weight is 443 g/mol. The van der Waals surface area contributed by atoms with Gasteiger partial charge in [-0.05, 0) is 71.3 Å². The van der Waals surface area contributed by atoms with Crippen LogP contribution in [0.2, 0.25) is 0 Å². The molecule has 1 N–H and O–H groups in total. The summed E-state index contributed by atoms with van der Waals surface area (Å²) in [5, 5.41) is 1.03. The van der Waals surface area contributed by atoms with Crippen LogP contribution in [0.4, 0.5) is 4.39 Å². The van der Waals surface area contributed by atoms with Crippen molar-refractivity contribution in [1.82, 2.24) is 9.88 Å². The first-order valence-electron chi connectivity index (χ1n) is 11.4. The molecule has 1 amide bonds. The van der Waals surface area contributed by atoms with Crippen LogP contribution in [0.3, 0.4) is 0 Å². The van der Waals surface area contributed by atoms with Crippen LogP contribution in [-0.2, 0) is 18.4 Å². The second-order valence-electron chi connectivity index (χ2n) is 9.80. The lowest BCUT2D eigenvalue weighted by Gasteiger charge is -2.25. The van der Waals surface area contributed by atoms with Gasteiger partial charge in [0.1, 0.15) is 5.82 Å². The fourth-order valence-electron chi connectivity index (χ4n) is 4.16. The minimum absolute atomic E-state index is 0.00633. The number of amides is 1. The Bertz CT molecular complexity index is 1250. The van der Waals surface area contributed by atoms with Crippen LogP contribution in [0.5, 0.6) is 0 Å². The average Bonchev–Trinajstić information content (AvgIpc) is 3.25. The highest BCUT2D eigenvalue weighted by molar-refractivity contribution is 6.06. The zero-order valence-corrected chi connectivity index (χ0v) is 19.8. The molecule has 0 fully saturated rings. The molecule has 33 heavy (non-hydrogen) atoms. The van der Waals surface area contributed by atoms with Crippen molar-refractivity contribution >= 4 is 16.8 Å². The van der Waals surface area contributed by atoms with Gasteiger partial charge in [-0.15, -0.1) is 0 Å². The highest BCUT2D eigenvalue weighted by atomic mass is 19.1. The predicted molar refractivity (Wildman–Crippen MR) is 133 cm³/mol. The van der Waals surface area contributed by atoms with Gasteiger partial charge in [0.25, 0.3) is 5.91 Å². The summed E-state index contributed by atoms with van der Waals surface area (Å²) in [6.45, 7) is 9.65. The molecule has 0 saturated heterocycles. The van der Waals surface area contributed by atoms with Gasteiger partial charge in [-0.3, -0.25) is 4.79 Å². The number of halogens is 1. The summed E-state index contributed by atoms with van der Waals surface area (Å²) >= 11 is 0. The molecule has 0 aliphatic heterocycles. The SMILES string of the molecule is Cc1cc(C(=O)N(CCc2ccc(F)cc2)Cc2ccc(C(C)(C)C)cc2)c2[nH]ccc2c1. The maximum absolute atomic E-state index is 13.8. The quantitative estimate of drug-likeness (QED) is 0.350. The topological polar surface area (TPSA) is 36.1 Å². The summed E-state index contributed by atoms with van der Waals surface area (Å²) in [6.07, 6.45) is 2.53. The lowest BCUT2D eigenvalue weighted by atomic mass is 9.87. The number of nitrogens with zero attached hydrogens (tertiary/aromatic N) is 1. The van der Waals surface area contributed by atoms with Crippen LogP contribution in [0.25, 0.3) is 10.9 Å². The van der Waals surface area contributed by atoms with Gasteiger partial charge >= 0.3 is 0 Å². The molecule has 0 atom stereocenters. The molecule has 0 aliphatic carbocycles. The van der Waals surface area contributed by atoms with E-state index < -0.39 is 0 Å². The van der Waals surface area contributed by atoms with Crippen molar-refractivity contribution in [3.05, 3.63) is 107 Å². The van der Waals surface area contributed by atoms with E-state index >= 15 is 0 Å². The van der Waals surface area contributed by atoms with E-state index in [1.807, 2.05) is 30.2 Å². The third-order valence-corrected chi connectivity index (χ3v) is 6.10. The van der Waals surface area contributed by atoms with Gasteiger partial charge in [0.05, 0.1) is 11.1 Å². The molecule has 0 bridgehead atoms. The van der Waals surface area contributed by atoms with Gasteiger partial charge in [0.15, 0.2) is 0 Å². The number of hydrogen-bond donors (Lipinski definition) is 1. The van der Waals surface area contributed by atoms with Gasteiger partial charge in [-0.2, -0.15) is 0 Å². The molecule has 0 spiro atoms. The van der Waals surface area contributed by atoms with Crippen LogP contribution in [-0.4, -0.2) is 22.3 Å². The Morgan fingerprint density at radius 1 is 0.939 bits per heavy atom. The molecule has 4 heteroatoms. The Hall–Kier alpha value is -3.40. The van der Waals surface area contributed by atoms with Gasteiger partial charge in [-0.25, -0.2) is 4.39 Å². The molecule has 1 heterocycles. The van der Waals surface area contributed by atoms with Crippen molar-refractivity contribution < 1.29 is 9.18 Å². The fourth-order valence-corrected chi connectivity index (χ4v) is 4.16. The number of hydrogen-bond acceptors (Lipinski definition) is 1. The minimum Gasteiger partial charge on any atom is -0.361 e. The highest BCUT2D eigenvalue weighted by Crippen LogP contribution is 2.25. The number of aryl methyl sites for hydroxylation is 1. The van der Waals surface area contributed by atoms with E-state index in [1.54, 1.807) is 12.1 Å². The second-order valence-corrected chi connectivity index (χ2v) is 9.80. The standard InChI is InChI=1S/C29H31FN2O/c1-20-17-23-13-15-31-27(23)26(18-20)28(33)32(16-14-21-7-11-25(30)12-8-21)19-22-5-9-24(10-6-22)29(2,3)4/h5-13,15,17-18,31H,14,16,19H2,1-4H3. The molecule has 3 aromatic carbocycles. The Labute approximate surface area is 195 Å². The van der Waals surface area contributed by atoms with E-state index in [4.69, 9.17) is 0 Å². The molecular formula is C29H31FN2O. The summed E-state index contributed by atoms with van der Waals surface area (Å²) in [5.41, 5.74) is 6.04. The predicted octanol–water partition coefficient (Wildman–Crippen LogP) is 6.80. The first-order valence-corrected chi connectivity index (χ1v) is 11.4. The van der Waals surface area contributed by atoms with Crippen molar-refractivity contribution in [2.75, 3.05) is 6.54 Å². The molecule has 0 aliphatic rings. The van der Waals surface area contributed by atoms with Gasteiger partial charge in [0, 0.05) is 24.7 Å². The number of nitrogens with one attached hydrogen (secondary N) is 1. The molecule has 1 aromatic heterocycles. The zero-order valence-electron chi connectivity index (χ0n) is 19.8. The molecule has 4 rings (SSSR count). The monoisotopic (exact) mass is 442 g/mol. The van der Waals surface area contributed by atoms with Gasteiger partial charge in [0.2, 0.25) is 0 Å². The van der Waals surface area contributed by atoms with Crippen LogP contribution in [0.15, 0.2) is 72.9 Å². The molecule has 0 radical (unpaired) electrons. The number of aromatic amines is 1. The number of carbonyl (C=O) groups excluding carboxylic acids is 1. The van der Waals surface area contributed by atoms with E-state index in [0.717, 1.165) is 27.6 Å².